The molecule has 0 saturated heterocycles. The van der Waals surface area contributed by atoms with Gasteiger partial charge in [0.25, 0.3) is 0 Å². The van der Waals surface area contributed by atoms with E-state index in [2.05, 4.69) is 28.2 Å². The lowest BCUT2D eigenvalue weighted by Gasteiger charge is -2.05. The monoisotopic (exact) mass is 385 g/mol. The standard InChI is InChI=1S/C18H28BrNOS/c1-2-3-4-5-6-7-8-9-14-22-15-18(21)20-17-12-10-16(19)11-13-17/h10-13H,2-9,14-15H2,1H3,(H,20,21). The summed E-state index contributed by atoms with van der Waals surface area (Å²) in [5.74, 6) is 1.72. The molecule has 1 aromatic rings. The maximum atomic E-state index is 11.8. The minimum absolute atomic E-state index is 0.0897. The van der Waals surface area contributed by atoms with Crippen LogP contribution in [0.25, 0.3) is 0 Å². The number of benzene rings is 1. The number of nitrogens with one attached hydrogen (secondary N) is 1. The van der Waals surface area contributed by atoms with Crippen molar-refractivity contribution in [1.82, 2.24) is 0 Å². The SMILES string of the molecule is CCCCCCCCCCSCC(=O)Nc1ccc(Br)cc1. The summed E-state index contributed by atoms with van der Waals surface area (Å²) in [7, 11) is 0. The highest BCUT2D eigenvalue weighted by Crippen LogP contribution is 2.15. The van der Waals surface area contributed by atoms with Crippen molar-refractivity contribution >= 4 is 39.3 Å². The molecule has 0 aliphatic heterocycles. The van der Waals surface area contributed by atoms with E-state index in [1.165, 1.54) is 51.4 Å². The van der Waals surface area contributed by atoms with Gasteiger partial charge in [-0.15, -0.1) is 0 Å². The molecule has 1 aromatic carbocycles. The molecule has 0 heterocycles. The molecule has 0 radical (unpaired) electrons. The van der Waals surface area contributed by atoms with Crippen LogP contribution < -0.4 is 5.32 Å². The second-order valence-electron chi connectivity index (χ2n) is 5.58. The van der Waals surface area contributed by atoms with Gasteiger partial charge in [0.1, 0.15) is 0 Å². The molecule has 0 aromatic heterocycles. The van der Waals surface area contributed by atoms with Gasteiger partial charge in [0, 0.05) is 10.2 Å². The van der Waals surface area contributed by atoms with Gasteiger partial charge in [-0.3, -0.25) is 4.79 Å². The molecule has 0 aliphatic carbocycles. The van der Waals surface area contributed by atoms with E-state index >= 15 is 0 Å². The molecule has 0 unspecified atom stereocenters. The number of halogens is 1. The molecular formula is C18H28BrNOS. The van der Waals surface area contributed by atoms with Crippen molar-refractivity contribution < 1.29 is 4.79 Å². The van der Waals surface area contributed by atoms with E-state index in [9.17, 15) is 4.79 Å². The second-order valence-corrected chi connectivity index (χ2v) is 7.60. The lowest BCUT2D eigenvalue weighted by atomic mass is 10.1. The number of hydrogen-bond acceptors (Lipinski definition) is 2. The maximum Gasteiger partial charge on any atom is 0.234 e. The molecule has 0 aliphatic rings. The third kappa shape index (κ3) is 10.3. The van der Waals surface area contributed by atoms with Crippen molar-refractivity contribution in [1.29, 1.82) is 0 Å². The van der Waals surface area contributed by atoms with E-state index in [1.807, 2.05) is 24.3 Å². The van der Waals surface area contributed by atoms with Crippen molar-refractivity contribution in [3.8, 4) is 0 Å². The minimum Gasteiger partial charge on any atom is -0.325 e. The zero-order chi connectivity index (χ0) is 16.0. The van der Waals surface area contributed by atoms with Crippen LogP contribution in [0, 0.1) is 0 Å². The van der Waals surface area contributed by atoms with Gasteiger partial charge in [-0.25, -0.2) is 0 Å². The fourth-order valence-electron chi connectivity index (χ4n) is 2.23. The van der Waals surface area contributed by atoms with E-state index in [0.29, 0.717) is 5.75 Å². The predicted octanol–water partition coefficient (Wildman–Crippen LogP) is 6.26. The lowest BCUT2D eigenvalue weighted by molar-refractivity contribution is -0.113. The van der Waals surface area contributed by atoms with Gasteiger partial charge in [0.05, 0.1) is 5.75 Å². The Balaban J connectivity index is 1.93. The van der Waals surface area contributed by atoms with Gasteiger partial charge in [-0.2, -0.15) is 11.8 Å². The topological polar surface area (TPSA) is 29.1 Å². The van der Waals surface area contributed by atoms with E-state index in [-0.39, 0.29) is 5.91 Å². The van der Waals surface area contributed by atoms with Crippen LogP contribution in [0.3, 0.4) is 0 Å². The molecule has 0 atom stereocenters. The Labute approximate surface area is 148 Å². The second kappa shape index (κ2) is 13.0. The van der Waals surface area contributed by atoms with Crippen molar-refractivity contribution in [3.63, 3.8) is 0 Å². The molecule has 1 rings (SSSR count). The molecule has 4 heteroatoms. The third-order valence-electron chi connectivity index (χ3n) is 3.50. The minimum atomic E-state index is 0.0897. The first-order valence-electron chi connectivity index (χ1n) is 8.35. The molecular weight excluding hydrogens is 358 g/mol. The van der Waals surface area contributed by atoms with E-state index in [1.54, 1.807) is 11.8 Å². The summed E-state index contributed by atoms with van der Waals surface area (Å²) < 4.78 is 1.02. The number of carbonyl (C=O) groups is 1. The van der Waals surface area contributed by atoms with Crippen LogP contribution in [-0.2, 0) is 4.79 Å². The Kier molecular flexibility index (Phi) is 11.6. The Morgan fingerprint density at radius 1 is 1.00 bits per heavy atom. The van der Waals surface area contributed by atoms with Crippen LogP contribution in [0.1, 0.15) is 58.3 Å². The molecule has 1 N–H and O–H groups in total. The Morgan fingerprint density at radius 2 is 1.59 bits per heavy atom. The summed E-state index contributed by atoms with van der Waals surface area (Å²) in [6, 6.07) is 7.68. The number of carbonyl (C=O) groups excluding carboxylic acids is 1. The van der Waals surface area contributed by atoms with Crippen LogP contribution >= 0.6 is 27.7 Å². The normalized spacial score (nSPS) is 10.6. The van der Waals surface area contributed by atoms with Crippen LogP contribution in [-0.4, -0.2) is 17.4 Å². The summed E-state index contributed by atoms with van der Waals surface area (Å²) in [5.41, 5.74) is 0.862. The summed E-state index contributed by atoms with van der Waals surface area (Å²) in [4.78, 5) is 11.8. The molecule has 0 saturated carbocycles. The van der Waals surface area contributed by atoms with Crippen molar-refractivity contribution in [3.05, 3.63) is 28.7 Å². The number of anilines is 1. The Bertz CT molecular complexity index is 408. The van der Waals surface area contributed by atoms with Crippen molar-refractivity contribution in [2.45, 2.75) is 58.3 Å². The van der Waals surface area contributed by atoms with Gasteiger partial charge in [-0.1, -0.05) is 67.8 Å². The average molecular weight is 386 g/mol. The molecule has 0 fully saturated rings. The largest absolute Gasteiger partial charge is 0.325 e. The fraction of sp³-hybridized carbons (Fsp3) is 0.611. The number of hydrogen-bond donors (Lipinski definition) is 1. The van der Waals surface area contributed by atoms with Crippen molar-refractivity contribution in [2.24, 2.45) is 0 Å². The number of thioether (sulfide) groups is 1. The van der Waals surface area contributed by atoms with Gasteiger partial charge in [0.15, 0.2) is 0 Å². The Hall–Kier alpha value is -0.480. The number of rotatable bonds is 12. The number of unbranched alkanes of at least 4 members (excludes halogenated alkanes) is 7. The highest BCUT2D eigenvalue weighted by molar-refractivity contribution is 9.10. The zero-order valence-electron chi connectivity index (χ0n) is 13.6. The first-order chi connectivity index (χ1) is 10.7. The molecule has 0 spiro atoms. The summed E-state index contributed by atoms with van der Waals surface area (Å²) >= 11 is 5.12. The van der Waals surface area contributed by atoms with Gasteiger partial charge < -0.3 is 5.32 Å². The Morgan fingerprint density at radius 3 is 2.23 bits per heavy atom. The maximum absolute atomic E-state index is 11.8. The molecule has 22 heavy (non-hydrogen) atoms. The molecule has 124 valence electrons. The summed E-state index contributed by atoms with van der Waals surface area (Å²) in [6.07, 6.45) is 10.7. The first-order valence-corrected chi connectivity index (χ1v) is 10.3. The fourth-order valence-corrected chi connectivity index (χ4v) is 3.31. The predicted molar refractivity (Wildman–Crippen MR) is 103 cm³/mol. The zero-order valence-corrected chi connectivity index (χ0v) is 16.0. The third-order valence-corrected chi connectivity index (χ3v) is 5.08. The quantitative estimate of drug-likeness (QED) is 0.430. The van der Waals surface area contributed by atoms with Crippen molar-refractivity contribution in [2.75, 3.05) is 16.8 Å². The van der Waals surface area contributed by atoms with E-state index in [4.69, 9.17) is 0 Å². The molecule has 2 nitrogen and oxygen atoms in total. The van der Waals surface area contributed by atoms with E-state index in [0.717, 1.165) is 15.9 Å². The molecule has 0 bridgehead atoms. The van der Waals surface area contributed by atoms with Crippen LogP contribution in [0.5, 0.6) is 0 Å². The van der Waals surface area contributed by atoms with Gasteiger partial charge >= 0.3 is 0 Å². The summed E-state index contributed by atoms with van der Waals surface area (Å²) in [5, 5.41) is 2.92. The lowest BCUT2D eigenvalue weighted by Crippen LogP contribution is -2.14. The van der Waals surface area contributed by atoms with Crippen LogP contribution in [0.15, 0.2) is 28.7 Å². The van der Waals surface area contributed by atoms with Crippen LogP contribution in [0.2, 0.25) is 0 Å². The highest BCUT2D eigenvalue weighted by atomic mass is 79.9. The van der Waals surface area contributed by atoms with Gasteiger partial charge in [-0.05, 0) is 36.4 Å². The van der Waals surface area contributed by atoms with E-state index < -0.39 is 0 Å². The smallest absolute Gasteiger partial charge is 0.234 e. The summed E-state index contributed by atoms with van der Waals surface area (Å²) in [6.45, 7) is 2.25. The number of amides is 1. The van der Waals surface area contributed by atoms with Gasteiger partial charge in [0.2, 0.25) is 5.91 Å². The first kappa shape index (κ1) is 19.6. The highest BCUT2D eigenvalue weighted by Gasteiger charge is 2.02. The molecule has 1 amide bonds. The van der Waals surface area contributed by atoms with Crippen LogP contribution in [0.4, 0.5) is 5.69 Å². The average Bonchev–Trinajstić information content (AvgIpc) is 2.51.